The number of pyridine rings is 1. The monoisotopic (exact) mass is 308 g/mol. The number of fused-ring (bicyclic) bond motifs is 1. The van der Waals surface area contributed by atoms with Gasteiger partial charge in [0.15, 0.2) is 0 Å². The first-order valence-corrected chi connectivity index (χ1v) is 8.03. The second-order valence-corrected chi connectivity index (χ2v) is 6.32. The summed E-state index contributed by atoms with van der Waals surface area (Å²) >= 11 is 0. The van der Waals surface area contributed by atoms with Crippen LogP contribution in [-0.2, 0) is 0 Å². The average molecular weight is 308 g/mol. The molecule has 4 rings (SSSR count). The van der Waals surface area contributed by atoms with Crippen LogP contribution in [0.3, 0.4) is 0 Å². The lowest BCUT2D eigenvalue weighted by atomic mass is 10.0. The summed E-state index contributed by atoms with van der Waals surface area (Å²) in [5.74, 6) is 0.507. The highest BCUT2D eigenvalue weighted by atomic mass is 16.3. The van der Waals surface area contributed by atoms with Gasteiger partial charge in [-0.05, 0) is 42.5 Å². The molecule has 5 heteroatoms. The maximum atomic E-state index is 9.71. The van der Waals surface area contributed by atoms with E-state index in [2.05, 4.69) is 33.5 Å². The SMILES string of the molecule is Nc1cc(N[C@@H]2CC[C@H](O)C2)c2ccc(C3=CC=NC3)cc2n1. The highest BCUT2D eigenvalue weighted by Crippen LogP contribution is 2.31. The third-order valence-electron chi connectivity index (χ3n) is 4.61. The molecule has 2 aliphatic rings. The Bertz CT molecular complexity index is 812. The molecule has 5 nitrogen and oxygen atoms in total. The molecule has 0 saturated heterocycles. The van der Waals surface area contributed by atoms with E-state index in [1.165, 1.54) is 5.57 Å². The molecule has 1 aromatic heterocycles. The van der Waals surface area contributed by atoms with Gasteiger partial charge in [0, 0.05) is 29.4 Å². The van der Waals surface area contributed by atoms with Crippen LogP contribution in [0.1, 0.15) is 24.8 Å². The van der Waals surface area contributed by atoms with Gasteiger partial charge >= 0.3 is 0 Å². The molecule has 0 spiro atoms. The number of allylic oxidation sites excluding steroid dienone is 1. The average Bonchev–Trinajstić information content (AvgIpc) is 3.18. The third kappa shape index (κ3) is 2.80. The number of hydrogen-bond acceptors (Lipinski definition) is 5. The highest BCUT2D eigenvalue weighted by molar-refractivity contribution is 5.97. The predicted molar refractivity (Wildman–Crippen MR) is 94.8 cm³/mol. The van der Waals surface area contributed by atoms with Crippen molar-refractivity contribution in [1.29, 1.82) is 0 Å². The van der Waals surface area contributed by atoms with E-state index in [1.54, 1.807) is 0 Å². The molecule has 1 aliphatic carbocycles. The molecule has 0 bridgehead atoms. The number of rotatable bonds is 3. The first-order chi connectivity index (χ1) is 11.2. The van der Waals surface area contributed by atoms with Gasteiger partial charge in [-0.2, -0.15) is 0 Å². The van der Waals surface area contributed by atoms with Gasteiger partial charge in [0.25, 0.3) is 0 Å². The van der Waals surface area contributed by atoms with Gasteiger partial charge < -0.3 is 16.2 Å². The third-order valence-corrected chi connectivity index (χ3v) is 4.61. The van der Waals surface area contributed by atoms with Crippen molar-refractivity contribution in [3.8, 4) is 0 Å². The molecule has 1 fully saturated rings. The van der Waals surface area contributed by atoms with E-state index >= 15 is 0 Å². The first kappa shape index (κ1) is 14.2. The van der Waals surface area contributed by atoms with E-state index in [4.69, 9.17) is 5.73 Å². The molecule has 0 amide bonds. The number of nitrogens with one attached hydrogen (secondary N) is 1. The lowest BCUT2D eigenvalue weighted by Gasteiger charge is -2.16. The summed E-state index contributed by atoms with van der Waals surface area (Å²) in [4.78, 5) is 8.71. The normalized spacial score (nSPS) is 23.4. The van der Waals surface area contributed by atoms with Crippen LogP contribution in [0.4, 0.5) is 11.5 Å². The van der Waals surface area contributed by atoms with Gasteiger partial charge in [0.2, 0.25) is 0 Å². The summed E-state index contributed by atoms with van der Waals surface area (Å²) in [5.41, 5.74) is 10.2. The van der Waals surface area contributed by atoms with Gasteiger partial charge in [-0.25, -0.2) is 4.98 Å². The molecular formula is C18H20N4O. The fourth-order valence-electron chi connectivity index (χ4n) is 3.41. The summed E-state index contributed by atoms with van der Waals surface area (Å²) in [6.45, 7) is 0.721. The molecule has 2 atom stereocenters. The zero-order valence-corrected chi connectivity index (χ0v) is 12.9. The minimum absolute atomic E-state index is 0.196. The molecule has 0 radical (unpaired) electrons. The number of nitrogen functional groups attached to an aromatic ring is 1. The second-order valence-electron chi connectivity index (χ2n) is 6.32. The van der Waals surface area contributed by atoms with Crippen molar-refractivity contribution in [2.75, 3.05) is 17.6 Å². The van der Waals surface area contributed by atoms with Crippen LogP contribution < -0.4 is 11.1 Å². The quantitative estimate of drug-likeness (QED) is 0.814. The zero-order chi connectivity index (χ0) is 15.8. The largest absolute Gasteiger partial charge is 0.393 e. The molecule has 2 aromatic rings. The van der Waals surface area contributed by atoms with Gasteiger partial charge in [-0.1, -0.05) is 12.1 Å². The molecule has 1 aromatic carbocycles. The lowest BCUT2D eigenvalue weighted by molar-refractivity contribution is 0.182. The van der Waals surface area contributed by atoms with Gasteiger partial charge in [-0.3, -0.25) is 4.99 Å². The number of anilines is 2. The van der Waals surface area contributed by atoms with Crippen LogP contribution in [0, 0.1) is 0 Å². The number of aliphatic hydroxyl groups is 1. The molecule has 2 heterocycles. The number of benzene rings is 1. The van der Waals surface area contributed by atoms with Crippen molar-refractivity contribution >= 4 is 34.2 Å². The van der Waals surface area contributed by atoms with E-state index in [9.17, 15) is 5.11 Å². The number of nitrogens with two attached hydrogens (primary N) is 1. The van der Waals surface area contributed by atoms with Crippen molar-refractivity contribution in [2.45, 2.75) is 31.4 Å². The van der Waals surface area contributed by atoms with E-state index < -0.39 is 0 Å². The Hall–Kier alpha value is -2.40. The Labute approximate surface area is 134 Å². The predicted octanol–water partition coefficient (Wildman–Crippen LogP) is 2.61. The summed E-state index contributed by atoms with van der Waals surface area (Å²) in [5, 5.41) is 14.3. The van der Waals surface area contributed by atoms with Gasteiger partial charge in [0.1, 0.15) is 5.82 Å². The van der Waals surface area contributed by atoms with E-state index in [0.29, 0.717) is 11.9 Å². The molecule has 1 aliphatic heterocycles. The minimum Gasteiger partial charge on any atom is -0.393 e. The Balaban J connectivity index is 1.70. The Kier molecular flexibility index (Phi) is 3.50. The fraction of sp³-hybridized carbons (Fsp3) is 0.333. The van der Waals surface area contributed by atoms with Crippen molar-refractivity contribution < 1.29 is 5.11 Å². The van der Waals surface area contributed by atoms with Crippen molar-refractivity contribution in [3.05, 3.63) is 35.9 Å². The summed E-state index contributed by atoms with van der Waals surface area (Å²) in [6.07, 6.45) is 6.30. The number of hydrogen-bond donors (Lipinski definition) is 3. The van der Waals surface area contributed by atoms with Crippen LogP contribution in [0.25, 0.3) is 16.5 Å². The minimum atomic E-state index is -0.196. The number of aliphatic hydroxyl groups excluding tert-OH is 1. The Morgan fingerprint density at radius 3 is 2.87 bits per heavy atom. The highest BCUT2D eigenvalue weighted by Gasteiger charge is 2.23. The molecule has 0 unspecified atom stereocenters. The summed E-state index contributed by atoms with van der Waals surface area (Å²) in [6, 6.07) is 8.44. The number of nitrogens with zero attached hydrogens (tertiary/aromatic N) is 2. The molecule has 23 heavy (non-hydrogen) atoms. The van der Waals surface area contributed by atoms with Crippen LogP contribution in [0.15, 0.2) is 35.3 Å². The van der Waals surface area contributed by atoms with Crippen LogP contribution >= 0.6 is 0 Å². The van der Waals surface area contributed by atoms with E-state index in [1.807, 2.05) is 18.4 Å². The fourth-order valence-corrected chi connectivity index (χ4v) is 3.41. The van der Waals surface area contributed by atoms with Crippen LogP contribution in [0.5, 0.6) is 0 Å². The van der Waals surface area contributed by atoms with E-state index in [-0.39, 0.29) is 6.10 Å². The maximum absolute atomic E-state index is 9.71. The molecule has 4 N–H and O–H groups in total. The first-order valence-electron chi connectivity index (χ1n) is 8.03. The molecule has 1 saturated carbocycles. The van der Waals surface area contributed by atoms with Crippen LogP contribution in [0.2, 0.25) is 0 Å². The summed E-state index contributed by atoms with van der Waals surface area (Å²) in [7, 11) is 0. The van der Waals surface area contributed by atoms with Gasteiger partial charge in [-0.15, -0.1) is 0 Å². The standard InChI is InChI=1S/C18H20N4O/c19-18-9-17(21-13-2-3-14(23)8-13)15-4-1-11(7-16(15)22-18)12-5-6-20-10-12/h1,4-7,9,13-14,23H,2-3,8,10H2,(H3,19,21,22)/t13-,14+/m1/s1. The second kappa shape index (κ2) is 5.66. The zero-order valence-electron chi connectivity index (χ0n) is 12.9. The van der Waals surface area contributed by atoms with Crippen molar-refractivity contribution in [1.82, 2.24) is 4.98 Å². The molecular weight excluding hydrogens is 288 g/mol. The van der Waals surface area contributed by atoms with Crippen LogP contribution in [-0.4, -0.2) is 35.0 Å². The number of aliphatic imine (C=N–C) groups is 1. The Morgan fingerprint density at radius 1 is 1.22 bits per heavy atom. The van der Waals surface area contributed by atoms with E-state index in [0.717, 1.165) is 48.0 Å². The number of aromatic nitrogens is 1. The topological polar surface area (TPSA) is 83.5 Å². The molecule has 118 valence electrons. The summed E-state index contributed by atoms with van der Waals surface area (Å²) < 4.78 is 0. The van der Waals surface area contributed by atoms with Crippen molar-refractivity contribution in [2.24, 2.45) is 4.99 Å². The smallest absolute Gasteiger partial charge is 0.126 e. The van der Waals surface area contributed by atoms with Gasteiger partial charge in [0.05, 0.1) is 18.2 Å². The Morgan fingerprint density at radius 2 is 2.13 bits per heavy atom. The van der Waals surface area contributed by atoms with Crippen molar-refractivity contribution in [3.63, 3.8) is 0 Å². The lowest BCUT2D eigenvalue weighted by Crippen LogP contribution is -2.17. The maximum Gasteiger partial charge on any atom is 0.126 e.